The Bertz CT molecular complexity index is 662. The van der Waals surface area contributed by atoms with Gasteiger partial charge in [-0.3, -0.25) is 0 Å². The molecule has 2 aliphatic rings. The summed E-state index contributed by atoms with van der Waals surface area (Å²) in [5.74, 6) is 2.63. The minimum atomic E-state index is -0.220. The highest BCUT2D eigenvalue weighted by Crippen LogP contribution is 2.55. The van der Waals surface area contributed by atoms with E-state index >= 15 is 0 Å². The summed E-state index contributed by atoms with van der Waals surface area (Å²) in [6.45, 7) is 11.3. The molecule has 0 radical (unpaired) electrons. The van der Waals surface area contributed by atoms with Crippen LogP contribution in [0.25, 0.3) is 0 Å². The second-order valence-corrected chi connectivity index (χ2v) is 9.82. The van der Waals surface area contributed by atoms with Gasteiger partial charge < -0.3 is 14.6 Å². The number of ether oxygens (including phenoxy) is 2. The van der Waals surface area contributed by atoms with Crippen molar-refractivity contribution in [3.63, 3.8) is 0 Å². The van der Waals surface area contributed by atoms with Crippen LogP contribution in [0.2, 0.25) is 0 Å². The molecule has 3 atom stereocenters. The maximum absolute atomic E-state index is 10.3. The zero-order valence-electron chi connectivity index (χ0n) is 18.1. The Morgan fingerprint density at radius 3 is 2.63 bits per heavy atom. The number of aliphatic hydroxyl groups excluding tert-OH is 1. The molecule has 1 saturated carbocycles. The first-order valence-corrected chi connectivity index (χ1v) is 10.8. The fraction of sp³-hybridized carbons (Fsp3) is 0.750. The molecule has 1 aliphatic carbocycles. The van der Waals surface area contributed by atoms with E-state index in [-0.39, 0.29) is 17.1 Å². The molecule has 0 spiro atoms. The van der Waals surface area contributed by atoms with Crippen molar-refractivity contribution in [2.24, 2.45) is 5.92 Å². The molecule has 0 saturated heterocycles. The van der Waals surface area contributed by atoms with Crippen molar-refractivity contribution in [1.82, 2.24) is 0 Å². The van der Waals surface area contributed by atoms with Gasteiger partial charge in [0.25, 0.3) is 0 Å². The number of methoxy groups -OCH3 is 1. The van der Waals surface area contributed by atoms with E-state index in [1.165, 1.54) is 30.4 Å². The minimum absolute atomic E-state index is 0.0912. The van der Waals surface area contributed by atoms with Crippen LogP contribution >= 0.6 is 0 Å². The van der Waals surface area contributed by atoms with Crippen molar-refractivity contribution in [3.05, 3.63) is 23.3 Å². The summed E-state index contributed by atoms with van der Waals surface area (Å²) < 4.78 is 12.4. The van der Waals surface area contributed by atoms with Gasteiger partial charge in [-0.05, 0) is 62.6 Å². The van der Waals surface area contributed by atoms with Gasteiger partial charge in [0.05, 0.1) is 13.2 Å². The van der Waals surface area contributed by atoms with Crippen LogP contribution in [-0.2, 0) is 5.41 Å². The van der Waals surface area contributed by atoms with Crippen molar-refractivity contribution < 1.29 is 14.6 Å². The van der Waals surface area contributed by atoms with Crippen molar-refractivity contribution in [1.29, 1.82) is 0 Å². The van der Waals surface area contributed by atoms with E-state index in [0.717, 1.165) is 37.2 Å². The molecule has 152 valence electrons. The summed E-state index contributed by atoms with van der Waals surface area (Å²) in [6, 6.07) is 4.48. The van der Waals surface area contributed by atoms with Gasteiger partial charge in [-0.1, -0.05) is 40.0 Å². The van der Waals surface area contributed by atoms with E-state index in [0.29, 0.717) is 11.8 Å². The van der Waals surface area contributed by atoms with Crippen molar-refractivity contribution in [3.8, 4) is 11.5 Å². The third-order valence-electron chi connectivity index (χ3n) is 6.97. The normalized spacial score (nSPS) is 26.7. The van der Waals surface area contributed by atoms with Gasteiger partial charge >= 0.3 is 0 Å². The molecule has 0 amide bonds. The van der Waals surface area contributed by atoms with Gasteiger partial charge in [0.2, 0.25) is 0 Å². The summed E-state index contributed by atoms with van der Waals surface area (Å²) in [5.41, 5.74) is 2.34. The lowest BCUT2D eigenvalue weighted by molar-refractivity contribution is -0.0318. The molecule has 3 heteroatoms. The average Bonchev–Trinajstić information content (AvgIpc) is 2.60. The quantitative estimate of drug-likeness (QED) is 0.624. The van der Waals surface area contributed by atoms with E-state index in [1.54, 1.807) is 7.11 Å². The molecule has 0 aromatic heterocycles. The zero-order valence-corrected chi connectivity index (χ0v) is 18.1. The summed E-state index contributed by atoms with van der Waals surface area (Å²) in [5, 5.41) is 10.3. The summed E-state index contributed by atoms with van der Waals surface area (Å²) >= 11 is 0. The minimum Gasteiger partial charge on any atom is -0.496 e. The predicted octanol–water partition coefficient (Wildman–Crippen LogP) is 5.97. The standard InChI is InChI=1S/C24H38O3/c1-7-8-9-12-23(2,3)16-13-20(26-6)22-18-15-17(25)10-11-19(18)24(4,5)27-21(22)14-16/h13-14,17-19,25H,7-12,15H2,1-6H3/t17-,18-,19-/m1/s1. The second kappa shape index (κ2) is 7.66. The van der Waals surface area contributed by atoms with Crippen molar-refractivity contribution in [2.45, 2.75) is 103 Å². The molecule has 0 bridgehead atoms. The molecule has 1 aliphatic heterocycles. The Morgan fingerprint density at radius 2 is 1.96 bits per heavy atom. The van der Waals surface area contributed by atoms with E-state index < -0.39 is 0 Å². The Labute approximate surface area is 165 Å². The van der Waals surface area contributed by atoms with Crippen LogP contribution < -0.4 is 9.47 Å². The number of fused-ring (bicyclic) bond motifs is 3. The number of rotatable bonds is 6. The first-order chi connectivity index (χ1) is 12.7. The van der Waals surface area contributed by atoms with Crippen LogP contribution in [-0.4, -0.2) is 23.9 Å². The highest BCUT2D eigenvalue weighted by Gasteiger charge is 2.48. The highest BCUT2D eigenvalue weighted by atomic mass is 16.5. The number of hydrogen-bond acceptors (Lipinski definition) is 3. The van der Waals surface area contributed by atoms with Gasteiger partial charge in [-0.25, -0.2) is 0 Å². The Balaban J connectivity index is 2.02. The predicted molar refractivity (Wildman–Crippen MR) is 111 cm³/mol. The molecule has 3 nitrogen and oxygen atoms in total. The smallest absolute Gasteiger partial charge is 0.127 e. The van der Waals surface area contributed by atoms with Crippen LogP contribution in [0.3, 0.4) is 0 Å². The molecule has 1 aromatic carbocycles. The topological polar surface area (TPSA) is 38.7 Å². The molecule has 1 aromatic rings. The van der Waals surface area contributed by atoms with Gasteiger partial charge in [0.1, 0.15) is 17.1 Å². The highest BCUT2D eigenvalue weighted by molar-refractivity contribution is 5.54. The maximum atomic E-state index is 10.3. The third kappa shape index (κ3) is 3.99. The molecular weight excluding hydrogens is 336 g/mol. The van der Waals surface area contributed by atoms with Gasteiger partial charge in [0, 0.05) is 17.4 Å². The molecule has 3 rings (SSSR count). The van der Waals surface area contributed by atoms with Gasteiger partial charge in [-0.15, -0.1) is 0 Å². The fourth-order valence-corrected chi connectivity index (χ4v) is 5.23. The number of unbranched alkanes of at least 4 members (excludes halogenated alkanes) is 2. The number of aliphatic hydroxyl groups is 1. The van der Waals surface area contributed by atoms with Crippen LogP contribution in [0.1, 0.15) is 96.6 Å². The monoisotopic (exact) mass is 374 g/mol. The van der Waals surface area contributed by atoms with E-state index in [2.05, 4.69) is 46.8 Å². The Kier molecular flexibility index (Phi) is 5.82. The van der Waals surface area contributed by atoms with Crippen LogP contribution in [0.5, 0.6) is 11.5 Å². The van der Waals surface area contributed by atoms with Crippen LogP contribution in [0, 0.1) is 5.92 Å². The zero-order chi connectivity index (χ0) is 19.8. The first kappa shape index (κ1) is 20.5. The van der Waals surface area contributed by atoms with Gasteiger partial charge in [0.15, 0.2) is 0 Å². The van der Waals surface area contributed by atoms with E-state index in [4.69, 9.17) is 9.47 Å². The van der Waals surface area contributed by atoms with Crippen molar-refractivity contribution in [2.75, 3.05) is 7.11 Å². The molecule has 27 heavy (non-hydrogen) atoms. The van der Waals surface area contributed by atoms with Crippen LogP contribution in [0.15, 0.2) is 12.1 Å². The van der Waals surface area contributed by atoms with E-state index in [9.17, 15) is 5.11 Å². The maximum Gasteiger partial charge on any atom is 0.127 e. The van der Waals surface area contributed by atoms with E-state index in [1.807, 2.05) is 0 Å². The number of benzene rings is 1. The first-order valence-electron chi connectivity index (χ1n) is 10.8. The lowest BCUT2D eigenvalue weighted by Crippen LogP contribution is -2.47. The summed E-state index contributed by atoms with van der Waals surface area (Å²) in [7, 11) is 1.76. The lowest BCUT2D eigenvalue weighted by Gasteiger charge is -2.49. The largest absolute Gasteiger partial charge is 0.496 e. The van der Waals surface area contributed by atoms with Crippen molar-refractivity contribution >= 4 is 0 Å². The molecule has 0 unspecified atom stereocenters. The second-order valence-electron chi connectivity index (χ2n) is 9.82. The molecular formula is C24H38O3. The lowest BCUT2D eigenvalue weighted by atomic mass is 9.65. The Hall–Kier alpha value is -1.22. The Morgan fingerprint density at radius 1 is 1.22 bits per heavy atom. The average molecular weight is 375 g/mol. The molecule has 1 N–H and O–H groups in total. The third-order valence-corrected chi connectivity index (χ3v) is 6.97. The number of hydrogen-bond donors (Lipinski definition) is 1. The summed E-state index contributed by atoms with van der Waals surface area (Å²) in [6.07, 6.45) is 7.38. The SMILES string of the molecule is CCCCCC(C)(C)c1cc(OC)c2c(c1)OC(C)(C)[C@@H]1CC[C@@H](O)C[C@@H]21. The molecule has 1 fully saturated rings. The van der Waals surface area contributed by atoms with Gasteiger partial charge in [-0.2, -0.15) is 0 Å². The summed E-state index contributed by atoms with van der Waals surface area (Å²) in [4.78, 5) is 0. The fourth-order valence-electron chi connectivity index (χ4n) is 5.23. The van der Waals surface area contributed by atoms with Crippen LogP contribution in [0.4, 0.5) is 0 Å². The molecule has 1 heterocycles.